The Morgan fingerprint density at radius 1 is 1.29 bits per heavy atom. The second-order valence-corrected chi connectivity index (χ2v) is 5.29. The number of hydrogen-bond acceptors (Lipinski definition) is 3. The molecule has 128 valence electrons. The van der Waals surface area contributed by atoms with Crippen molar-refractivity contribution >= 4 is 11.9 Å². The first-order valence-electron chi connectivity index (χ1n) is 7.42. The van der Waals surface area contributed by atoms with Crippen LogP contribution in [0.4, 0.5) is 4.39 Å². The molecule has 0 aliphatic carbocycles. The Balaban J connectivity index is 2.29. The number of carboxylic acid groups (broad SMARTS) is 1. The Hall–Kier alpha value is -2.83. The van der Waals surface area contributed by atoms with E-state index in [1.807, 2.05) is 6.92 Å². The number of aromatic carboxylic acids is 1. The summed E-state index contributed by atoms with van der Waals surface area (Å²) in [7, 11) is 2.98. The highest BCUT2D eigenvalue weighted by Gasteiger charge is 2.21. The maximum absolute atomic E-state index is 13.6. The van der Waals surface area contributed by atoms with Gasteiger partial charge in [-0.15, -0.1) is 0 Å². The quantitative estimate of drug-likeness (QED) is 0.851. The summed E-state index contributed by atoms with van der Waals surface area (Å²) in [6, 6.07) is 6.44. The molecule has 0 bridgehead atoms. The Bertz CT molecular complexity index is 770. The molecular weight excluding hydrogens is 315 g/mol. The minimum atomic E-state index is -1.12. The molecule has 0 spiro atoms. The number of rotatable bonds is 6. The SMILES string of the molecule is CCC(NC(=O)c1ccc(C(=O)O)n1C)c1cc(F)ccc1OC. The van der Waals surface area contributed by atoms with Gasteiger partial charge >= 0.3 is 5.97 Å². The predicted octanol–water partition coefficient (Wildman–Crippen LogP) is 2.75. The highest BCUT2D eigenvalue weighted by Crippen LogP contribution is 2.28. The molecule has 2 aromatic rings. The number of nitrogens with one attached hydrogen (secondary N) is 1. The summed E-state index contributed by atoms with van der Waals surface area (Å²) < 4.78 is 20.1. The van der Waals surface area contributed by atoms with Gasteiger partial charge in [0.2, 0.25) is 0 Å². The molecule has 1 aromatic carbocycles. The lowest BCUT2D eigenvalue weighted by Crippen LogP contribution is -2.30. The molecule has 0 aliphatic rings. The van der Waals surface area contributed by atoms with Gasteiger partial charge in [-0.2, -0.15) is 0 Å². The first kappa shape index (κ1) is 17.5. The Kier molecular flexibility index (Phi) is 5.23. The monoisotopic (exact) mass is 334 g/mol. The zero-order chi connectivity index (χ0) is 17.9. The van der Waals surface area contributed by atoms with E-state index >= 15 is 0 Å². The lowest BCUT2D eigenvalue weighted by atomic mass is 10.0. The van der Waals surface area contributed by atoms with Gasteiger partial charge < -0.3 is 19.7 Å². The van der Waals surface area contributed by atoms with Crippen molar-refractivity contribution in [2.45, 2.75) is 19.4 Å². The number of methoxy groups -OCH3 is 1. The average molecular weight is 334 g/mol. The fraction of sp³-hybridized carbons (Fsp3) is 0.294. The van der Waals surface area contributed by atoms with E-state index in [9.17, 15) is 14.0 Å². The van der Waals surface area contributed by atoms with E-state index in [0.29, 0.717) is 17.7 Å². The summed E-state index contributed by atoms with van der Waals surface area (Å²) in [5, 5.41) is 11.8. The number of hydrogen-bond donors (Lipinski definition) is 2. The molecule has 24 heavy (non-hydrogen) atoms. The van der Waals surface area contributed by atoms with Gasteiger partial charge in [0.05, 0.1) is 13.2 Å². The highest BCUT2D eigenvalue weighted by molar-refractivity contribution is 5.96. The number of carbonyl (C=O) groups is 2. The average Bonchev–Trinajstić information content (AvgIpc) is 2.94. The normalized spacial score (nSPS) is 11.8. The van der Waals surface area contributed by atoms with Gasteiger partial charge in [0.25, 0.3) is 5.91 Å². The molecule has 1 heterocycles. The van der Waals surface area contributed by atoms with Gasteiger partial charge in [0.1, 0.15) is 23.0 Å². The zero-order valence-electron chi connectivity index (χ0n) is 13.7. The van der Waals surface area contributed by atoms with E-state index in [1.165, 1.54) is 49.1 Å². The van der Waals surface area contributed by atoms with Gasteiger partial charge in [-0.05, 0) is 36.8 Å². The molecule has 1 amide bonds. The van der Waals surface area contributed by atoms with Gasteiger partial charge in [0, 0.05) is 12.6 Å². The Morgan fingerprint density at radius 2 is 1.96 bits per heavy atom. The predicted molar refractivity (Wildman–Crippen MR) is 85.8 cm³/mol. The van der Waals surface area contributed by atoms with Crippen LogP contribution in [0.25, 0.3) is 0 Å². The number of carboxylic acids is 1. The first-order valence-corrected chi connectivity index (χ1v) is 7.42. The third-order valence-electron chi connectivity index (χ3n) is 3.85. The van der Waals surface area contributed by atoms with E-state index in [1.54, 1.807) is 0 Å². The van der Waals surface area contributed by atoms with Crippen LogP contribution in [-0.2, 0) is 7.05 Å². The number of benzene rings is 1. The fourth-order valence-corrected chi connectivity index (χ4v) is 2.56. The molecule has 1 unspecified atom stereocenters. The summed E-state index contributed by atoms with van der Waals surface area (Å²) >= 11 is 0. The molecule has 6 nitrogen and oxygen atoms in total. The summed E-state index contributed by atoms with van der Waals surface area (Å²) in [6.45, 7) is 1.85. The lowest BCUT2D eigenvalue weighted by molar-refractivity contribution is 0.0686. The molecule has 0 aliphatic heterocycles. The third-order valence-corrected chi connectivity index (χ3v) is 3.85. The van der Waals surface area contributed by atoms with E-state index in [4.69, 9.17) is 9.84 Å². The second kappa shape index (κ2) is 7.16. The second-order valence-electron chi connectivity index (χ2n) is 5.29. The standard InChI is InChI=1S/C17H19FN2O4/c1-4-12(11-9-10(18)5-8-15(11)24-3)19-16(21)13-6-7-14(17(22)23)20(13)2/h5-9,12H,4H2,1-3H3,(H,19,21)(H,22,23). The molecule has 1 aromatic heterocycles. The van der Waals surface area contributed by atoms with Crippen molar-refractivity contribution in [2.24, 2.45) is 7.05 Å². The van der Waals surface area contributed by atoms with E-state index in [2.05, 4.69) is 5.32 Å². The molecule has 0 radical (unpaired) electrons. The largest absolute Gasteiger partial charge is 0.496 e. The number of halogens is 1. The fourth-order valence-electron chi connectivity index (χ4n) is 2.56. The summed E-state index contributed by atoms with van der Waals surface area (Å²) in [5.74, 6) is -1.51. The van der Waals surface area contributed by atoms with E-state index < -0.39 is 23.7 Å². The Morgan fingerprint density at radius 3 is 2.50 bits per heavy atom. The maximum atomic E-state index is 13.6. The van der Waals surface area contributed by atoms with Crippen LogP contribution in [0.3, 0.4) is 0 Å². The van der Waals surface area contributed by atoms with Gasteiger partial charge in [-0.3, -0.25) is 4.79 Å². The van der Waals surface area contributed by atoms with Gasteiger partial charge in [-0.25, -0.2) is 9.18 Å². The van der Waals surface area contributed by atoms with Crippen LogP contribution in [0.15, 0.2) is 30.3 Å². The molecule has 0 saturated heterocycles. The van der Waals surface area contributed by atoms with Crippen molar-refractivity contribution in [3.05, 3.63) is 53.1 Å². The molecule has 0 saturated carbocycles. The minimum absolute atomic E-state index is 0.0107. The van der Waals surface area contributed by atoms with Crippen LogP contribution in [0.1, 0.15) is 45.9 Å². The minimum Gasteiger partial charge on any atom is -0.496 e. The van der Waals surface area contributed by atoms with Crippen LogP contribution in [0.2, 0.25) is 0 Å². The molecule has 7 heteroatoms. The van der Waals surface area contributed by atoms with Crippen molar-refractivity contribution in [1.29, 1.82) is 0 Å². The van der Waals surface area contributed by atoms with Crippen LogP contribution >= 0.6 is 0 Å². The molecular formula is C17H19FN2O4. The van der Waals surface area contributed by atoms with Crippen LogP contribution in [-0.4, -0.2) is 28.7 Å². The summed E-state index contributed by atoms with van der Waals surface area (Å²) in [5.41, 5.74) is 0.749. The maximum Gasteiger partial charge on any atom is 0.352 e. The van der Waals surface area contributed by atoms with Crippen LogP contribution < -0.4 is 10.1 Å². The number of nitrogens with zero attached hydrogens (tertiary/aromatic N) is 1. The summed E-state index contributed by atoms with van der Waals surface area (Å²) in [6.07, 6.45) is 0.516. The smallest absolute Gasteiger partial charge is 0.352 e. The molecule has 0 fully saturated rings. The highest BCUT2D eigenvalue weighted by atomic mass is 19.1. The van der Waals surface area contributed by atoms with Crippen molar-refractivity contribution in [3.8, 4) is 5.75 Å². The number of carbonyl (C=O) groups excluding carboxylic acids is 1. The lowest BCUT2D eigenvalue weighted by Gasteiger charge is -2.20. The third kappa shape index (κ3) is 3.40. The van der Waals surface area contributed by atoms with Crippen molar-refractivity contribution in [1.82, 2.24) is 9.88 Å². The zero-order valence-corrected chi connectivity index (χ0v) is 13.7. The van der Waals surface area contributed by atoms with Gasteiger partial charge in [0.15, 0.2) is 0 Å². The summed E-state index contributed by atoms with van der Waals surface area (Å²) in [4.78, 5) is 23.5. The van der Waals surface area contributed by atoms with E-state index in [-0.39, 0.29) is 11.4 Å². The van der Waals surface area contributed by atoms with E-state index in [0.717, 1.165) is 0 Å². The number of amides is 1. The number of ether oxygens (including phenoxy) is 1. The molecule has 2 N–H and O–H groups in total. The topological polar surface area (TPSA) is 80.6 Å². The number of aromatic nitrogens is 1. The van der Waals surface area contributed by atoms with Crippen LogP contribution in [0.5, 0.6) is 5.75 Å². The van der Waals surface area contributed by atoms with Gasteiger partial charge in [-0.1, -0.05) is 6.92 Å². The Labute approximate surface area is 138 Å². The first-order chi connectivity index (χ1) is 11.4. The van der Waals surface area contributed by atoms with Crippen molar-refractivity contribution < 1.29 is 23.8 Å². The van der Waals surface area contributed by atoms with Crippen molar-refractivity contribution in [3.63, 3.8) is 0 Å². The van der Waals surface area contributed by atoms with Crippen molar-refractivity contribution in [2.75, 3.05) is 7.11 Å². The van der Waals surface area contributed by atoms with Crippen LogP contribution in [0, 0.1) is 5.82 Å². The molecule has 2 rings (SSSR count). The molecule has 1 atom stereocenters.